The molecule has 0 amide bonds. The molecule has 9 nitrogen and oxygen atoms in total. The summed E-state index contributed by atoms with van der Waals surface area (Å²) >= 11 is 0. The van der Waals surface area contributed by atoms with Gasteiger partial charge in [-0.25, -0.2) is 9.98 Å². The molecule has 3 atom stereocenters. The van der Waals surface area contributed by atoms with Crippen molar-refractivity contribution < 1.29 is 29.2 Å². The number of fused-ring (bicyclic) bond motifs is 1. The van der Waals surface area contributed by atoms with Gasteiger partial charge in [-0.1, -0.05) is 55.8 Å². The highest BCUT2D eigenvalue weighted by Gasteiger charge is 2.41. The number of hydrogen-bond donors (Lipinski definition) is 2. The Balaban J connectivity index is 1.66. The van der Waals surface area contributed by atoms with Gasteiger partial charge in [-0.2, -0.15) is 0 Å². The maximum atomic E-state index is 12.6. The minimum absolute atomic E-state index is 0.0340. The highest BCUT2D eigenvalue weighted by Crippen LogP contribution is 2.40. The molecule has 1 aliphatic heterocycles. The maximum absolute atomic E-state index is 12.6. The van der Waals surface area contributed by atoms with Crippen LogP contribution in [0.25, 0.3) is 0 Å². The van der Waals surface area contributed by atoms with Gasteiger partial charge in [0.05, 0.1) is 13.2 Å². The van der Waals surface area contributed by atoms with Crippen molar-refractivity contribution in [3.05, 3.63) is 71.9 Å². The zero-order chi connectivity index (χ0) is 27.8. The lowest BCUT2D eigenvalue weighted by atomic mass is 9.91. The molecule has 0 spiro atoms. The molecule has 0 radical (unpaired) electrons. The lowest BCUT2D eigenvalue weighted by molar-refractivity contribution is -0.170. The van der Waals surface area contributed by atoms with Gasteiger partial charge in [-0.05, 0) is 37.0 Å². The Kier molecular flexibility index (Phi) is 9.86. The van der Waals surface area contributed by atoms with Crippen molar-refractivity contribution in [2.45, 2.75) is 70.1 Å². The molecule has 1 saturated carbocycles. The summed E-state index contributed by atoms with van der Waals surface area (Å²) in [4.78, 5) is 22.5. The fourth-order valence-corrected chi connectivity index (χ4v) is 5.33. The van der Waals surface area contributed by atoms with Gasteiger partial charge in [-0.15, -0.1) is 0 Å². The number of ether oxygens (including phenoxy) is 3. The standard InChI is InChI=1S/C30H37N3O6/c1-4-31-26(32-5-2)19-38-28-23-17-24(30(35)36)33(18-21(23)15-16-25(28)37-3)29(34)27(20-11-7-6-8-12-20)39-22-13-9-10-14-22/h4-8,11-12,15-16,22,24,27,29,34H,1,9-10,13-14,17-19H2,2-3H3,(H,35,36). The van der Waals surface area contributed by atoms with E-state index in [2.05, 4.69) is 16.6 Å². The topological polar surface area (TPSA) is 113 Å². The predicted octanol–water partition coefficient (Wildman–Crippen LogP) is 4.54. The van der Waals surface area contributed by atoms with Crippen molar-refractivity contribution in [2.24, 2.45) is 9.98 Å². The molecule has 1 heterocycles. The third-order valence-electron chi connectivity index (χ3n) is 7.22. The first-order valence-electron chi connectivity index (χ1n) is 13.3. The fraction of sp³-hybridized carbons (Fsp3) is 0.433. The normalized spacial score (nSPS) is 20.0. The van der Waals surface area contributed by atoms with Gasteiger partial charge in [0.25, 0.3) is 0 Å². The molecule has 0 bridgehead atoms. The number of amidine groups is 1. The van der Waals surface area contributed by atoms with Crippen LogP contribution in [-0.2, 0) is 22.5 Å². The van der Waals surface area contributed by atoms with Crippen LogP contribution >= 0.6 is 0 Å². The van der Waals surface area contributed by atoms with E-state index in [1.165, 1.54) is 13.3 Å². The van der Waals surface area contributed by atoms with E-state index < -0.39 is 24.3 Å². The molecule has 39 heavy (non-hydrogen) atoms. The van der Waals surface area contributed by atoms with E-state index in [0.29, 0.717) is 17.3 Å². The smallest absolute Gasteiger partial charge is 0.321 e. The number of aliphatic carboxylic acids is 1. The third kappa shape index (κ3) is 6.73. The first-order chi connectivity index (χ1) is 19.0. The average molecular weight is 536 g/mol. The summed E-state index contributed by atoms with van der Waals surface area (Å²) in [7, 11) is 1.54. The van der Waals surface area contributed by atoms with Gasteiger partial charge in [0.15, 0.2) is 17.3 Å². The molecule has 1 fully saturated rings. The summed E-state index contributed by atoms with van der Waals surface area (Å²) in [6.45, 7) is 5.65. The van der Waals surface area contributed by atoms with Crippen molar-refractivity contribution in [3.63, 3.8) is 0 Å². The summed E-state index contributed by atoms with van der Waals surface area (Å²) in [6, 6.07) is 12.2. The second-order valence-electron chi connectivity index (χ2n) is 9.66. The molecule has 0 aromatic heterocycles. The summed E-state index contributed by atoms with van der Waals surface area (Å²) < 4.78 is 18.1. The molecule has 208 valence electrons. The van der Waals surface area contributed by atoms with Crippen LogP contribution in [0.1, 0.15) is 55.4 Å². The van der Waals surface area contributed by atoms with Crippen LogP contribution in [0, 0.1) is 0 Å². The zero-order valence-electron chi connectivity index (χ0n) is 22.5. The Labute approximate surface area is 229 Å². The van der Waals surface area contributed by atoms with E-state index in [9.17, 15) is 15.0 Å². The Morgan fingerprint density at radius 1 is 1.21 bits per heavy atom. The molecule has 2 aromatic carbocycles. The molecule has 3 unspecified atom stereocenters. The van der Waals surface area contributed by atoms with Crippen LogP contribution in [0.5, 0.6) is 11.5 Å². The number of carboxylic acids is 1. The van der Waals surface area contributed by atoms with Gasteiger partial charge >= 0.3 is 5.97 Å². The van der Waals surface area contributed by atoms with Crippen molar-refractivity contribution in [3.8, 4) is 11.5 Å². The molecular weight excluding hydrogens is 498 g/mol. The fourth-order valence-electron chi connectivity index (χ4n) is 5.33. The summed E-state index contributed by atoms with van der Waals surface area (Å²) in [5.74, 6) is 0.313. The summed E-state index contributed by atoms with van der Waals surface area (Å²) in [5.41, 5.74) is 2.38. The van der Waals surface area contributed by atoms with Crippen molar-refractivity contribution in [1.82, 2.24) is 4.90 Å². The van der Waals surface area contributed by atoms with Crippen molar-refractivity contribution in [2.75, 3.05) is 13.7 Å². The Morgan fingerprint density at radius 2 is 1.95 bits per heavy atom. The van der Waals surface area contributed by atoms with Crippen LogP contribution in [0.2, 0.25) is 0 Å². The number of methoxy groups -OCH3 is 1. The van der Waals surface area contributed by atoms with Crippen molar-refractivity contribution >= 4 is 18.0 Å². The van der Waals surface area contributed by atoms with Gasteiger partial charge in [0, 0.05) is 30.9 Å². The second kappa shape index (κ2) is 13.5. The Bertz CT molecular complexity index is 1190. The van der Waals surface area contributed by atoms with E-state index in [-0.39, 0.29) is 25.7 Å². The number of carbonyl (C=O) groups is 1. The SMILES string of the molecule is C=CN=C(COc1c(OC)ccc2c1CC(C(=O)O)N(C(O)C(OC1CCCC1)c1ccccc1)C2)N=CC. The number of aliphatic hydroxyl groups excluding tert-OH is 1. The van der Waals surface area contributed by atoms with Crippen LogP contribution < -0.4 is 9.47 Å². The van der Waals surface area contributed by atoms with E-state index in [0.717, 1.165) is 42.4 Å². The lowest BCUT2D eigenvalue weighted by Crippen LogP contribution is -2.53. The first-order valence-corrected chi connectivity index (χ1v) is 13.3. The second-order valence-corrected chi connectivity index (χ2v) is 9.66. The Hall–Kier alpha value is -3.53. The molecular formula is C30H37N3O6. The number of carboxylic acid groups (broad SMARTS) is 1. The van der Waals surface area contributed by atoms with Crippen LogP contribution in [0.15, 0.2) is 65.2 Å². The van der Waals surface area contributed by atoms with Crippen LogP contribution in [0.4, 0.5) is 0 Å². The zero-order valence-corrected chi connectivity index (χ0v) is 22.5. The first kappa shape index (κ1) is 28.5. The van der Waals surface area contributed by atoms with E-state index >= 15 is 0 Å². The molecule has 1 aliphatic carbocycles. The van der Waals surface area contributed by atoms with E-state index in [4.69, 9.17) is 14.2 Å². The number of hydrogen-bond acceptors (Lipinski definition) is 7. The minimum atomic E-state index is -1.17. The maximum Gasteiger partial charge on any atom is 0.321 e. The summed E-state index contributed by atoms with van der Waals surface area (Å²) in [5, 5.41) is 22.0. The molecule has 4 rings (SSSR count). The van der Waals surface area contributed by atoms with Crippen LogP contribution in [-0.4, -0.2) is 65.2 Å². The number of aliphatic imine (C=N–C) groups is 2. The predicted molar refractivity (Wildman–Crippen MR) is 149 cm³/mol. The molecule has 2 aliphatic rings. The monoisotopic (exact) mass is 535 g/mol. The summed E-state index contributed by atoms with van der Waals surface area (Å²) in [6.07, 6.45) is 5.34. The average Bonchev–Trinajstić information content (AvgIpc) is 3.47. The highest BCUT2D eigenvalue weighted by atomic mass is 16.5. The molecule has 0 saturated heterocycles. The third-order valence-corrected chi connectivity index (χ3v) is 7.22. The van der Waals surface area contributed by atoms with Gasteiger partial charge in [-0.3, -0.25) is 9.69 Å². The molecule has 9 heteroatoms. The number of nitrogens with zero attached hydrogens (tertiary/aromatic N) is 3. The minimum Gasteiger partial charge on any atom is -0.493 e. The van der Waals surface area contributed by atoms with E-state index in [1.807, 2.05) is 36.4 Å². The molecule has 2 N–H and O–H groups in total. The van der Waals surface area contributed by atoms with Gasteiger partial charge in [0.1, 0.15) is 25.0 Å². The van der Waals surface area contributed by atoms with Crippen molar-refractivity contribution in [1.29, 1.82) is 0 Å². The Morgan fingerprint density at radius 3 is 2.59 bits per heavy atom. The van der Waals surface area contributed by atoms with Gasteiger partial charge in [0.2, 0.25) is 0 Å². The quantitative estimate of drug-likeness (QED) is 0.321. The molecule has 2 aromatic rings. The highest BCUT2D eigenvalue weighted by molar-refractivity contribution is 5.90. The van der Waals surface area contributed by atoms with E-state index in [1.54, 1.807) is 24.1 Å². The number of benzene rings is 2. The lowest BCUT2D eigenvalue weighted by Gasteiger charge is -2.41. The largest absolute Gasteiger partial charge is 0.493 e. The van der Waals surface area contributed by atoms with Gasteiger partial charge < -0.3 is 24.4 Å². The number of aliphatic hydroxyl groups is 1. The number of rotatable bonds is 11. The van der Waals surface area contributed by atoms with Crippen LogP contribution in [0.3, 0.4) is 0 Å².